The summed E-state index contributed by atoms with van der Waals surface area (Å²) in [5.41, 5.74) is 5.65. The normalized spacial score (nSPS) is 26.9. The number of hydrogen-bond donors (Lipinski definition) is 2. The fourth-order valence-corrected chi connectivity index (χ4v) is 4.41. The van der Waals surface area contributed by atoms with E-state index in [2.05, 4.69) is 11.6 Å². The van der Waals surface area contributed by atoms with Crippen LogP contribution in [0.5, 0.6) is 0 Å². The van der Waals surface area contributed by atoms with Crippen molar-refractivity contribution in [3.63, 3.8) is 0 Å². The second kappa shape index (κ2) is 5.69. The third-order valence-electron chi connectivity index (χ3n) is 4.30. The summed E-state index contributed by atoms with van der Waals surface area (Å²) in [5, 5.41) is 0. The van der Waals surface area contributed by atoms with Crippen LogP contribution in [0.3, 0.4) is 0 Å². The monoisotopic (exact) mass is 300 g/mol. The van der Waals surface area contributed by atoms with Crippen molar-refractivity contribution in [2.45, 2.75) is 44.0 Å². The standard InChI is InChI=1S/C14H21FN2O2S/c1-3-10-4-6-13(9(10)2)17-20(18,19)14-7-5-11(16)8-12(14)15/h5,7-10,13,17H,3-4,6,16H2,1-2H3. The fourth-order valence-electron chi connectivity index (χ4n) is 2.99. The molecule has 4 nitrogen and oxygen atoms in total. The summed E-state index contributed by atoms with van der Waals surface area (Å²) in [6.07, 6.45) is 2.85. The van der Waals surface area contributed by atoms with E-state index in [1.54, 1.807) is 0 Å². The zero-order valence-electron chi connectivity index (χ0n) is 11.8. The second-order valence-corrected chi connectivity index (χ2v) is 7.20. The van der Waals surface area contributed by atoms with Gasteiger partial charge < -0.3 is 5.73 Å². The molecule has 0 spiro atoms. The Morgan fingerprint density at radius 2 is 2.10 bits per heavy atom. The largest absolute Gasteiger partial charge is 0.399 e. The minimum atomic E-state index is -3.84. The molecule has 112 valence electrons. The van der Waals surface area contributed by atoms with Crippen molar-refractivity contribution in [1.82, 2.24) is 4.72 Å². The van der Waals surface area contributed by atoms with Gasteiger partial charge in [0.05, 0.1) is 0 Å². The molecule has 1 aliphatic carbocycles. The maximum atomic E-state index is 13.8. The molecule has 1 aromatic rings. The molecule has 0 heterocycles. The zero-order valence-corrected chi connectivity index (χ0v) is 12.6. The van der Waals surface area contributed by atoms with E-state index < -0.39 is 15.8 Å². The quantitative estimate of drug-likeness (QED) is 0.839. The highest BCUT2D eigenvalue weighted by Gasteiger charge is 2.35. The second-order valence-electron chi connectivity index (χ2n) is 5.52. The molecule has 6 heteroatoms. The Bertz CT molecular complexity index is 589. The predicted molar refractivity (Wildman–Crippen MR) is 77.1 cm³/mol. The lowest BCUT2D eigenvalue weighted by atomic mass is 9.94. The highest BCUT2D eigenvalue weighted by molar-refractivity contribution is 7.89. The van der Waals surface area contributed by atoms with Gasteiger partial charge in [0, 0.05) is 11.7 Å². The molecule has 3 unspecified atom stereocenters. The van der Waals surface area contributed by atoms with Crippen LogP contribution in [0.25, 0.3) is 0 Å². The molecule has 1 aromatic carbocycles. The SMILES string of the molecule is CCC1CCC(NS(=O)(=O)c2ccc(N)cc2F)C1C. The van der Waals surface area contributed by atoms with E-state index in [1.165, 1.54) is 12.1 Å². The molecule has 3 atom stereocenters. The van der Waals surface area contributed by atoms with Crippen molar-refractivity contribution in [2.24, 2.45) is 11.8 Å². The number of sulfonamides is 1. The first kappa shape index (κ1) is 15.3. The number of benzene rings is 1. The minimum Gasteiger partial charge on any atom is -0.399 e. The van der Waals surface area contributed by atoms with Crippen molar-refractivity contribution < 1.29 is 12.8 Å². The van der Waals surface area contributed by atoms with E-state index in [9.17, 15) is 12.8 Å². The van der Waals surface area contributed by atoms with Crippen LogP contribution in [0.15, 0.2) is 23.1 Å². The van der Waals surface area contributed by atoms with Crippen LogP contribution in [-0.4, -0.2) is 14.5 Å². The Balaban J connectivity index is 2.20. The van der Waals surface area contributed by atoms with Crippen LogP contribution in [0, 0.1) is 17.7 Å². The summed E-state index contributed by atoms with van der Waals surface area (Å²) in [5.74, 6) is -0.0132. The van der Waals surface area contributed by atoms with E-state index in [0.29, 0.717) is 5.92 Å². The highest BCUT2D eigenvalue weighted by atomic mass is 32.2. The summed E-state index contributed by atoms with van der Waals surface area (Å²) in [7, 11) is -3.84. The molecule has 2 rings (SSSR count). The van der Waals surface area contributed by atoms with E-state index in [4.69, 9.17) is 5.73 Å². The Hall–Kier alpha value is -1.14. The zero-order chi connectivity index (χ0) is 14.9. The molecule has 0 radical (unpaired) electrons. The van der Waals surface area contributed by atoms with Gasteiger partial charge in [-0.15, -0.1) is 0 Å². The molecule has 3 N–H and O–H groups in total. The van der Waals surface area contributed by atoms with Gasteiger partial charge in [0.1, 0.15) is 10.7 Å². The van der Waals surface area contributed by atoms with Gasteiger partial charge in [-0.25, -0.2) is 17.5 Å². The van der Waals surface area contributed by atoms with Crippen LogP contribution >= 0.6 is 0 Å². The van der Waals surface area contributed by atoms with E-state index in [1.807, 2.05) is 6.92 Å². The third kappa shape index (κ3) is 2.96. The van der Waals surface area contributed by atoms with Crippen molar-refractivity contribution >= 4 is 15.7 Å². The molecule has 1 fully saturated rings. The van der Waals surface area contributed by atoms with Gasteiger partial charge in [-0.3, -0.25) is 0 Å². The molecule has 20 heavy (non-hydrogen) atoms. The Morgan fingerprint density at radius 1 is 1.40 bits per heavy atom. The lowest BCUT2D eigenvalue weighted by molar-refractivity contribution is 0.368. The Labute approximate surface area is 119 Å². The average molecular weight is 300 g/mol. The number of nitrogens with two attached hydrogens (primary N) is 1. The number of halogens is 1. The van der Waals surface area contributed by atoms with E-state index in [0.717, 1.165) is 25.3 Å². The predicted octanol–water partition coefficient (Wildman–Crippen LogP) is 2.51. The number of nitrogen functional groups attached to an aromatic ring is 1. The Morgan fingerprint density at radius 3 is 2.65 bits per heavy atom. The molecule has 0 amide bonds. The number of nitrogens with one attached hydrogen (secondary N) is 1. The van der Waals surface area contributed by atoms with Crippen molar-refractivity contribution in [1.29, 1.82) is 0 Å². The fraction of sp³-hybridized carbons (Fsp3) is 0.571. The molecule has 1 aliphatic rings. The smallest absolute Gasteiger partial charge is 0.243 e. The van der Waals surface area contributed by atoms with Gasteiger partial charge in [0.25, 0.3) is 0 Å². The van der Waals surface area contributed by atoms with Crippen LogP contribution in [0.4, 0.5) is 10.1 Å². The number of anilines is 1. The molecule has 0 bridgehead atoms. The van der Waals surface area contributed by atoms with Gasteiger partial charge in [-0.05, 0) is 42.9 Å². The first-order valence-corrected chi connectivity index (χ1v) is 8.40. The lowest BCUT2D eigenvalue weighted by Crippen LogP contribution is -2.37. The van der Waals surface area contributed by atoms with Crippen LogP contribution in [0.1, 0.15) is 33.1 Å². The molecule has 0 saturated heterocycles. The lowest BCUT2D eigenvalue weighted by Gasteiger charge is -2.21. The van der Waals surface area contributed by atoms with Crippen molar-refractivity contribution in [2.75, 3.05) is 5.73 Å². The summed E-state index contributed by atoms with van der Waals surface area (Å²) in [6, 6.07) is 3.51. The van der Waals surface area contributed by atoms with Gasteiger partial charge in [0.15, 0.2) is 0 Å². The molecule has 1 saturated carbocycles. The highest BCUT2D eigenvalue weighted by Crippen LogP contribution is 2.34. The average Bonchev–Trinajstić information content (AvgIpc) is 2.69. The maximum absolute atomic E-state index is 13.8. The molecule has 0 aromatic heterocycles. The van der Waals surface area contributed by atoms with Gasteiger partial charge in [-0.1, -0.05) is 20.3 Å². The van der Waals surface area contributed by atoms with Crippen LogP contribution in [-0.2, 0) is 10.0 Å². The number of rotatable bonds is 4. The summed E-state index contributed by atoms with van der Waals surface area (Å²) >= 11 is 0. The van der Waals surface area contributed by atoms with Crippen molar-refractivity contribution in [3.8, 4) is 0 Å². The summed E-state index contributed by atoms with van der Waals surface area (Å²) < 4.78 is 40.9. The molecular weight excluding hydrogens is 279 g/mol. The van der Waals surface area contributed by atoms with E-state index >= 15 is 0 Å². The van der Waals surface area contributed by atoms with Crippen LogP contribution < -0.4 is 10.5 Å². The number of hydrogen-bond acceptors (Lipinski definition) is 3. The van der Waals surface area contributed by atoms with Gasteiger partial charge in [-0.2, -0.15) is 0 Å². The molecule has 0 aliphatic heterocycles. The summed E-state index contributed by atoms with van der Waals surface area (Å²) in [4.78, 5) is -0.334. The van der Waals surface area contributed by atoms with Gasteiger partial charge >= 0.3 is 0 Å². The first-order chi connectivity index (χ1) is 9.35. The molecular formula is C14H21FN2O2S. The first-order valence-electron chi connectivity index (χ1n) is 6.92. The topological polar surface area (TPSA) is 72.2 Å². The van der Waals surface area contributed by atoms with Crippen LogP contribution in [0.2, 0.25) is 0 Å². The van der Waals surface area contributed by atoms with Crippen molar-refractivity contribution in [3.05, 3.63) is 24.0 Å². The van der Waals surface area contributed by atoms with E-state index in [-0.39, 0.29) is 22.5 Å². The minimum absolute atomic E-state index is 0.123. The Kier molecular flexibility index (Phi) is 4.34. The van der Waals surface area contributed by atoms with Gasteiger partial charge in [0.2, 0.25) is 10.0 Å². The third-order valence-corrected chi connectivity index (χ3v) is 5.83. The summed E-state index contributed by atoms with van der Waals surface area (Å²) in [6.45, 7) is 4.16. The maximum Gasteiger partial charge on any atom is 0.243 e.